The fourth-order valence-corrected chi connectivity index (χ4v) is 9.08. The number of nitrogens with one attached hydrogen (secondary N) is 1. The molecule has 0 aromatic rings. The van der Waals surface area contributed by atoms with Crippen LogP contribution in [0.5, 0.6) is 0 Å². The van der Waals surface area contributed by atoms with Crippen LogP contribution in [-0.4, -0.2) is 68.1 Å². The Labute approximate surface area is 196 Å². The van der Waals surface area contributed by atoms with Crippen LogP contribution in [0.3, 0.4) is 0 Å². The molecule has 0 fully saturated rings. The lowest BCUT2D eigenvalue weighted by molar-refractivity contribution is -0.169. The minimum absolute atomic E-state index is 0.0798. The van der Waals surface area contributed by atoms with Gasteiger partial charge in [-0.15, -0.1) is 0 Å². The molecule has 31 heavy (non-hydrogen) atoms. The second-order valence-corrected chi connectivity index (χ2v) is 13.9. The zero-order valence-corrected chi connectivity index (χ0v) is 24.3. The van der Waals surface area contributed by atoms with Crippen molar-refractivity contribution >= 4 is 18.3 Å². The second kappa shape index (κ2) is 18.6. The van der Waals surface area contributed by atoms with E-state index in [1.165, 1.54) is 0 Å². The van der Waals surface area contributed by atoms with E-state index in [1.54, 1.807) is 0 Å². The molecule has 0 heterocycles. The maximum atomic E-state index is 6.43. The van der Waals surface area contributed by atoms with Gasteiger partial charge in [-0.05, 0) is 57.5 Å². The van der Waals surface area contributed by atoms with E-state index in [-0.39, 0.29) is 5.67 Å². The Bertz CT molecular complexity index is 388. The summed E-state index contributed by atoms with van der Waals surface area (Å²) < 4.78 is 31.7. The second-order valence-electron chi connectivity index (χ2n) is 8.42. The van der Waals surface area contributed by atoms with E-state index in [2.05, 4.69) is 60.7 Å². The Morgan fingerprint density at radius 2 is 1.10 bits per heavy atom. The van der Waals surface area contributed by atoms with E-state index in [0.29, 0.717) is 25.5 Å². The maximum absolute atomic E-state index is 6.43. The van der Waals surface area contributed by atoms with Gasteiger partial charge in [0.1, 0.15) is 14.9 Å². The molecular weight excluding hydrogens is 426 g/mol. The largest absolute Gasteiger partial charge is 0.518 e. The van der Waals surface area contributed by atoms with Gasteiger partial charge < -0.3 is 28.1 Å². The predicted molar refractivity (Wildman–Crippen MR) is 135 cm³/mol. The highest BCUT2D eigenvalue weighted by Gasteiger charge is 2.50. The maximum Gasteiger partial charge on any atom is 0.518 e. The van der Waals surface area contributed by atoms with Crippen LogP contribution in [0.1, 0.15) is 100 Å². The summed E-state index contributed by atoms with van der Waals surface area (Å²) in [6, 6.07) is 0. The highest BCUT2D eigenvalue weighted by molar-refractivity contribution is 6.62. The average Bonchev–Trinajstić information content (AvgIpc) is 2.79. The van der Waals surface area contributed by atoms with Crippen molar-refractivity contribution in [3.05, 3.63) is 0 Å². The first-order valence-corrected chi connectivity index (χ1v) is 16.2. The van der Waals surface area contributed by atoms with Crippen LogP contribution in [-0.2, 0) is 22.8 Å². The minimum Gasteiger partial charge on any atom is -0.373 e. The molecule has 0 aliphatic carbocycles. The molecule has 0 saturated carbocycles. The molecule has 188 valence electrons. The summed E-state index contributed by atoms with van der Waals surface area (Å²) in [6.07, 6.45) is 6.80. The fourth-order valence-electron chi connectivity index (χ4n) is 3.48. The molecule has 0 saturated heterocycles. The van der Waals surface area contributed by atoms with Gasteiger partial charge in [0, 0.05) is 33.0 Å². The summed E-state index contributed by atoms with van der Waals surface area (Å²) in [4.78, 5) is 0. The monoisotopic (exact) mass is 479 g/mol. The fraction of sp³-hybridized carbons (Fsp3) is 1.00. The van der Waals surface area contributed by atoms with Gasteiger partial charge in [0.2, 0.25) is 0 Å². The first kappa shape index (κ1) is 31.2. The standard InChI is InChI=1S/C23H53NO5Si2/c1-9-16-25-23(8,26-17-10-2)30-21(14-6)24-22(15-7)31(27-18-11-3,28-19-12-4)29-20-13-5/h21-22,24H,9-20,30H2,1-8H3. The van der Waals surface area contributed by atoms with Gasteiger partial charge in [-0.3, -0.25) is 0 Å². The van der Waals surface area contributed by atoms with Crippen LogP contribution in [0, 0.1) is 0 Å². The van der Waals surface area contributed by atoms with Crippen molar-refractivity contribution in [3.8, 4) is 0 Å². The zero-order valence-electron chi connectivity index (χ0n) is 21.9. The number of rotatable bonds is 22. The van der Waals surface area contributed by atoms with E-state index >= 15 is 0 Å². The smallest absolute Gasteiger partial charge is 0.373 e. The van der Waals surface area contributed by atoms with Crippen molar-refractivity contribution in [2.75, 3.05) is 33.0 Å². The summed E-state index contributed by atoms with van der Waals surface area (Å²) in [6.45, 7) is 20.8. The van der Waals surface area contributed by atoms with Crippen molar-refractivity contribution in [1.82, 2.24) is 5.32 Å². The molecule has 1 N–H and O–H groups in total. The van der Waals surface area contributed by atoms with Crippen LogP contribution >= 0.6 is 0 Å². The van der Waals surface area contributed by atoms with Crippen LogP contribution in [0.25, 0.3) is 0 Å². The third-order valence-corrected chi connectivity index (χ3v) is 10.8. The van der Waals surface area contributed by atoms with E-state index < -0.39 is 23.7 Å². The van der Waals surface area contributed by atoms with E-state index in [0.717, 1.165) is 58.2 Å². The molecule has 0 aromatic carbocycles. The third-order valence-electron chi connectivity index (χ3n) is 5.13. The molecule has 2 atom stereocenters. The summed E-state index contributed by atoms with van der Waals surface area (Å²) in [7, 11) is -3.63. The van der Waals surface area contributed by atoms with E-state index in [4.69, 9.17) is 22.8 Å². The summed E-state index contributed by atoms with van der Waals surface area (Å²) in [5, 5.41) is 3.92. The van der Waals surface area contributed by atoms with Crippen molar-refractivity contribution < 1.29 is 22.8 Å². The van der Waals surface area contributed by atoms with Gasteiger partial charge in [-0.25, -0.2) is 0 Å². The van der Waals surface area contributed by atoms with Crippen molar-refractivity contribution in [2.45, 2.75) is 117 Å². The lowest BCUT2D eigenvalue weighted by Crippen LogP contribution is -2.65. The van der Waals surface area contributed by atoms with Gasteiger partial charge in [0.25, 0.3) is 0 Å². The average molecular weight is 480 g/mol. The van der Waals surface area contributed by atoms with Crippen molar-refractivity contribution in [2.24, 2.45) is 0 Å². The van der Waals surface area contributed by atoms with Gasteiger partial charge in [0.05, 0.1) is 5.67 Å². The molecule has 0 aliphatic heterocycles. The molecule has 0 radical (unpaired) electrons. The molecule has 8 heteroatoms. The van der Waals surface area contributed by atoms with Gasteiger partial charge in [0.15, 0.2) is 0 Å². The molecular formula is C23H53NO5Si2. The summed E-state index contributed by atoms with van der Waals surface area (Å²) >= 11 is 0. The summed E-state index contributed by atoms with van der Waals surface area (Å²) in [5.74, 6) is 0. The lowest BCUT2D eigenvalue weighted by atomic mass is 10.4. The molecule has 0 bridgehead atoms. The first-order chi connectivity index (χ1) is 14.9. The Morgan fingerprint density at radius 1 is 0.677 bits per heavy atom. The minimum atomic E-state index is -2.86. The Kier molecular flexibility index (Phi) is 18.7. The molecule has 0 amide bonds. The first-order valence-electron chi connectivity index (χ1n) is 12.9. The van der Waals surface area contributed by atoms with Crippen LogP contribution in [0.2, 0.25) is 0 Å². The van der Waals surface area contributed by atoms with E-state index in [1.807, 2.05) is 0 Å². The number of hydrogen-bond donors (Lipinski definition) is 1. The zero-order chi connectivity index (χ0) is 23.6. The Hall–Kier alpha value is 0.194. The predicted octanol–water partition coefficient (Wildman–Crippen LogP) is 4.54. The Balaban J connectivity index is 5.59. The quantitative estimate of drug-likeness (QED) is 0.182. The Morgan fingerprint density at radius 3 is 1.42 bits per heavy atom. The number of ether oxygens (including phenoxy) is 2. The summed E-state index contributed by atoms with van der Waals surface area (Å²) in [5.41, 5.74) is -0.0199. The highest BCUT2D eigenvalue weighted by atomic mass is 28.4. The SMILES string of the molecule is CCCOC(C)(OCCC)[SiH2]C(CC)NC(CC)[Si](OCCC)(OCCC)OCCC. The van der Waals surface area contributed by atoms with Crippen LogP contribution < -0.4 is 5.32 Å². The van der Waals surface area contributed by atoms with Gasteiger partial charge in [-0.2, -0.15) is 0 Å². The molecule has 0 rings (SSSR count). The third kappa shape index (κ3) is 12.3. The number of hydrogen-bond acceptors (Lipinski definition) is 6. The van der Waals surface area contributed by atoms with Gasteiger partial charge >= 0.3 is 8.80 Å². The molecule has 6 nitrogen and oxygen atoms in total. The van der Waals surface area contributed by atoms with Crippen molar-refractivity contribution in [3.63, 3.8) is 0 Å². The van der Waals surface area contributed by atoms with Gasteiger partial charge in [-0.1, -0.05) is 48.5 Å². The highest BCUT2D eigenvalue weighted by Crippen LogP contribution is 2.22. The van der Waals surface area contributed by atoms with Crippen LogP contribution in [0.15, 0.2) is 0 Å². The lowest BCUT2D eigenvalue weighted by Gasteiger charge is -2.39. The molecule has 0 aliphatic rings. The molecule has 2 unspecified atom stereocenters. The molecule has 0 spiro atoms. The van der Waals surface area contributed by atoms with Crippen LogP contribution in [0.4, 0.5) is 0 Å². The van der Waals surface area contributed by atoms with Crippen molar-refractivity contribution in [1.29, 1.82) is 0 Å². The normalized spacial score (nSPS) is 15.1. The molecule has 0 aromatic heterocycles. The topological polar surface area (TPSA) is 58.2 Å². The van der Waals surface area contributed by atoms with E-state index in [9.17, 15) is 0 Å².